The lowest BCUT2D eigenvalue weighted by atomic mass is 10.1. The van der Waals surface area contributed by atoms with E-state index in [9.17, 15) is 23.1 Å². The van der Waals surface area contributed by atoms with E-state index in [0.29, 0.717) is 12.8 Å². The molecule has 1 aliphatic rings. The number of amides is 1. The van der Waals surface area contributed by atoms with Crippen LogP contribution in [0.15, 0.2) is 30.3 Å². The summed E-state index contributed by atoms with van der Waals surface area (Å²) in [6, 6.07) is 6.93. The fourth-order valence-corrected chi connectivity index (χ4v) is 3.26. The summed E-state index contributed by atoms with van der Waals surface area (Å²) < 4.78 is 40.9. The van der Waals surface area contributed by atoms with Gasteiger partial charge in [-0.3, -0.25) is 9.69 Å². The number of aryl methyl sites for hydroxylation is 1. The quantitative estimate of drug-likeness (QED) is 0.793. The van der Waals surface area contributed by atoms with Crippen molar-refractivity contribution in [2.75, 3.05) is 13.6 Å². The predicted molar refractivity (Wildman–Crippen MR) is 84.6 cm³/mol. The highest BCUT2D eigenvalue weighted by Gasteiger charge is 2.52. The van der Waals surface area contributed by atoms with Crippen LogP contribution in [0.25, 0.3) is 0 Å². The summed E-state index contributed by atoms with van der Waals surface area (Å²) in [4.78, 5) is 12.8. The number of carbonyl (C=O) groups is 1. The third kappa shape index (κ3) is 4.27. The molecule has 1 amide bonds. The summed E-state index contributed by atoms with van der Waals surface area (Å²) in [7, 11) is 1.41. The van der Waals surface area contributed by atoms with Gasteiger partial charge in [0.15, 0.2) is 0 Å². The van der Waals surface area contributed by atoms with Crippen LogP contribution < -0.4 is 5.32 Å². The van der Waals surface area contributed by atoms with Gasteiger partial charge in [-0.2, -0.15) is 0 Å². The van der Waals surface area contributed by atoms with Crippen LogP contribution in [0.5, 0.6) is 0 Å². The second-order valence-corrected chi connectivity index (χ2v) is 6.03. The molecule has 1 fully saturated rings. The Kier molecular flexibility index (Phi) is 6.62. The van der Waals surface area contributed by atoms with Crippen LogP contribution in [0.1, 0.15) is 18.4 Å². The third-order valence-electron chi connectivity index (χ3n) is 4.51. The number of halogens is 3. The zero-order chi connectivity index (χ0) is 17.7. The maximum Gasteiger partial charge on any atom is 0.256 e. The number of aliphatic hydroxyl groups is 1. The van der Waals surface area contributed by atoms with Crippen LogP contribution in [0.4, 0.5) is 13.2 Å². The van der Waals surface area contributed by atoms with Gasteiger partial charge in [0.2, 0.25) is 5.91 Å². The lowest BCUT2D eigenvalue weighted by Gasteiger charge is -2.29. The number of nitrogens with one attached hydrogen (secondary N) is 1. The summed E-state index contributed by atoms with van der Waals surface area (Å²) in [6.45, 7) is 0.197. The van der Waals surface area contributed by atoms with Gasteiger partial charge in [0.25, 0.3) is 6.43 Å². The van der Waals surface area contributed by atoms with E-state index in [1.54, 1.807) is 0 Å². The Balaban J connectivity index is 2.05. The lowest BCUT2D eigenvalue weighted by Crippen LogP contribution is -2.45. The normalized spacial score (nSPS) is 27.6. The standard InChI is InChI=1S/C17H23F3N2O2/c1-21-13(23)10-12-14(18)16(24)15(17(19)20)22(12)9-5-8-11-6-3-2-4-7-11/h2-4,6-7,12,14-17,24H,5,8-10H2,1H3,(H,21,23). The molecule has 4 atom stereocenters. The zero-order valence-corrected chi connectivity index (χ0v) is 13.5. The van der Waals surface area contributed by atoms with Gasteiger partial charge in [-0.25, -0.2) is 13.2 Å². The minimum atomic E-state index is -2.87. The number of alkyl halides is 3. The summed E-state index contributed by atoms with van der Waals surface area (Å²) >= 11 is 0. The molecule has 7 heteroatoms. The monoisotopic (exact) mass is 344 g/mol. The molecular weight excluding hydrogens is 321 g/mol. The van der Waals surface area contributed by atoms with Gasteiger partial charge in [-0.05, 0) is 24.9 Å². The van der Waals surface area contributed by atoms with E-state index in [1.165, 1.54) is 11.9 Å². The molecule has 2 rings (SSSR count). The molecule has 0 bridgehead atoms. The number of rotatable bonds is 7. The van der Waals surface area contributed by atoms with Crippen molar-refractivity contribution in [3.63, 3.8) is 0 Å². The Morgan fingerprint density at radius 3 is 2.58 bits per heavy atom. The number of carbonyl (C=O) groups excluding carboxylic acids is 1. The number of benzene rings is 1. The first-order chi connectivity index (χ1) is 11.5. The Morgan fingerprint density at radius 1 is 1.33 bits per heavy atom. The maximum atomic E-state index is 14.3. The summed E-state index contributed by atoms with van der Waals surface area (Å²) in [6.07, 6.45) is -5.56. The molecular formula is C17H23F3N2O2. The van der Waals surface area contributed by atoms with Crippen molar-refractivity contribution in [1.29, 1.82) is 0 Å². The first-order valence-corrected chi connectivity index (χ1v) is 8.06. The van der Waals surface area contributed by atoms with Crippen molar-refractivity contribution in [1.82, 2.24) is 10.2 Å². The average molecular weight is 344 g/mol. The number of hydrogen-bond donors (Lipinski definition) is 2. The van der Waals surface area contributed by atoms with E-state index in [1.807, 2.05) is 30.3 Å². The Labute approximate surface area is 139 Å². The highest BCUT2D eigenvalue weighted by Crippen LogP contribution is 2.33. The molecule has 1 aliphatic heterocycles. The number of likely N-dealkylation sites (tertiary alicyclic amines) is 1. The van der Waals surface area contributed by atoms with Gasteiger partial charge in [-0.15, -0.1) is 0 Å². The van der Waals surface area contributed by atoms with Gasteiger partial charge < -0.3 is 10.4 Å². The Morgan fingerprint density at radius 2 is 2.00 bits per heavy atom. The first kappa shape index (κ1) is 18.7. The first-order valence-electron chi connectivity index (χ1n) is 8.06. The van der Waals surface area contributed by atoms with Crippen LogP contribution in [0.2, 0.25) is 0 Å². The molecule has 24 heavy (non-hydrogen) atoms. The van der Waals surface area contributed by atoms with E-state index < -0.39 is 36.7 Å². The minimum Gasteiger partial charge on any atom is -0.388 e. The van der Waals surface area contributed by atoms with Crippen LogP contribution >= 0.6 is 0 Å². The fraction of sp³-hybridized carbons (Fsp3) is 0.588. The molecule has 0 spiro atoms. The second-order valence-electron chi connectivity index (χ2n) is 6.03. The molecule has 0 aliphatic carbocycles. The second kappa shape index (κ2) is 8.48. The lowest BCUT2D eigenvalue weighted by molar-refractivity contribution is -0.122. The van der Waals surface area contributed by atoms with Crippen molar-refractivity contribution in [2.45, 2.75) is 50.0 Å². The highest BCUT2D eigenvalue weighted by molar-refractivity contribution is 5.76. The number of nitrogens with zero attached hydrogens (tertiary/aromatic N) is 1. The predicted octanol–water partition coefficient (Wildman–Crippen LogP) is 1.77. The smallest absolute Gasteiger partial charge is 0.256 e. The molecule has 134 valence electrons. The topological polar surface area (TPSA) is 52.6 Å². The van der Waals surface area contributed by atoms with E-state index in [2.05, 4.69) is 5.32 Å². The van der Waals surface area contributed by atoms with Crippen LogP contribution in [-0.4, -0.2) is 60.3 Å². The minimum absolute atomic E-state index is 0.197. The van der Waals surface area contributed by atoms with Crippen LogP contribution in [0.3, 0.4) is 0 Å². The van der Waals surface area contributed by atoms with Crippen LogP contribution in [0, 0.1) is 0 Å². The molecule has 1 saturated heterocycles. The van der Waals surface area contributed by atoms with Crippen molar-refractivity contribution < 1.29 is 23.1 Å². The fourth-order valence-electron chi connectivity index (χ4n) is 3.26. The maximum absolute atomic E-state index is 14.3. The highest BCUT2D eigenvalue weighted by atomic mass is 19.3. The van der Waals surface area contributed by atoms with Crippen LogP contribution in [-0.2, 0) is 11.2 Å². The molecule has 0 aromatic heterocycles. The van der Waals surface area contributed by atoms with E-state index in [4.69, 9.17) is 0 Å². The summed E-state index contributed by atoms with van der Waals surface area (Å²) in [5, 5.41) is 12.2. The molecule has 0 radical (unpaired) electrons. The van der Waals surface area contributed by atoms with Gasteiger partial charge in [0.05, 0.1) is 6.04 Å². The number of hydrogen-bond acceptors (Lipinski definition) is 3. The van der Waals surface area contributed by atoms with E-state index >= 15 is 0 Å². The largest absolute Gasteiger partial charge is 0.388 e. The van der Waals surface area contributed by atoms with E-state index in [-0.39, 0.29) is 13.0 Å². The molecule has 0 saturated carbocycles. The summed E-state index contributed by atoms with van der Waals surface area (Å²) in [5.41, 5.74) is 1.06. The molecule has 1 heterocycles. The third-order valence-corrected chi connectivity index (χ3v) is 4.51. The molecule has 1 aromatic carbocycles. The van der Waals surface area contributed by atoms with Gasteiger partial charge >= 0.3 is 0 Å². The summed E-state index contributed by atoms with van der Waals surface area (Å²) in [5.74, 6) is -0.433. The molecule has 1 aromatic rings. The SMILES string of the molecule is CNC(=O)CC1C(F)C(O)C(C(F)F)N1CCCc1ccccc1. The van der Waals surface area contributed by atoms with Crippen molar-refractivity contribution in [3.05, 3.63) is 35.9 Å². The Bertz CT molecular complexity index is 530. The zero-order valence-electron chi connectivity index (χ0n) is 13.5. The van der Waals surface area contributed by atoms with Crippen molar-refractivity contribution >= 4 is 5.91 Å². The Hall–Kier alpha value is -1.60. The number of aliphatic hydroxyl groups excluding tert-OH is 1. The van der Waals surface area contributed by atoms with Gasteiger partial charge in [-0.1, -0.05) is 30.3 Å². The molecule has 4 unspecified atom stereocenters. The average Bonchev–Trinajstić information content (AvgIpc) is 2.80. The molecule has 4 nitrogen and oxygen atoms in total. The van der Waals surface area contributed by atoms with Crippen molar-refractivity contribution in [2.24, 2.45) is 0 Å². The molecule has 2 N–H and O–H groups in total. The van der Waals surface area contributed by atoms with Crippen molar-refractivity contribution in [3.8, 4) is 0 Å². The van der Waals surface area contributed by atoms with Gasteiger partial charge in [0, 0.05) is 13.5 Å². The van der Waals surface area contributed by atoms with Gasteiger partial charge in [0.1, 0.15) is 18.3 Å². The van der Waals surface area contributed by atoms with E-state index in [0.717, 1.165) is 5.56 Å².